The van der Waals surface area contributed by atoms with Crippen molar-refractivity contribution in [3.8, 4) is 0 Å². The first-order valence-corrected chi connectivity index (χ1v) is 6.92. The van der Waals surface area contributed by atoms with Gasteiger partial charge in [0.25, 0.3) is 0 Å². The van der Waals surface area contributed by atoms with E-state index in [9.17, 15) is 0 Å². The van der Waals surface area contributed by atoms with E-state index >= 15 is 0 Å². The quantitative estimate of drug-likeness (QED) is 0.766. The summed E-state index contributed by atoms with van der Waals surface area (Å²) in [6, 6.07) is 5.40. The molecule has 0 spiro atoms. The maximum absolute atomic E-state index is 4.04. The number of pyridine rings is 1. The zero-order chi connectivity index (χ0) is 13.4. The smallest absolute Gasteiger partial charge is 0.0270 e. The second kappa shape index (κ2) is 8.22. The van der Waals surface area contributed by atoms with Crippen molar-refractivity contribution in [1.29, 1.82) is 0 Å². The van der Waals surface area contributed by atoms with Gasteiger partial charge in [0.1, 0.15) is 0 Å². The molecular formula is C15H27N3. The summed E-state index contributed by atoms with van der Waals surface area (Å²) in [4.78, 5) is 6.48. The van der Waals surface area contributed by atoms with E-state index in [0.717, 1.165) is 19.5 Å². The predicted molar refractivity (Wildman–Crippen MR) is 77.8 cm³/mol. The molecule has 0 aliphatic rings. The predicted octanol–water partition coefficient (Wildman–Crippen LogP) is 2.33. The average molecular weight is 249 g/mol. The van der Waals surface area contributed by atoms with Crippen LogP contribution in [0.1, 0.15) is 32.8 Å². The number of hydrogen-bond acceptors (Lipinski definition) is 3. The third kappa shape index (κ3) is 6.12. The van der Waals surface area contributed by atoms with Gasteiger partial charge in [0, 0.05) is 31.0 Å². The van der Waals surface area contributed by atoms with Crippen molar-refractivity contribution >= 4 is 0 Å². The highest BCUT2D eigenvalue weighted by atomic mass is 15.1. The van der Waals surface area contributed by atoms with Gasteiger partial charge in [-0.05, 0) is 51.1 Å². The first-order chi connectivity index (χ1) is 8.59. The van der Waals surface area contributed by atoms with E-state index in [1.807, 2.05) is 12.4 Å². The lowest BCUT2D eigenvalue weighted by atomic mass is 10.1. The molecule has 1 aromatic heterocycles. The minimum Gasteiger partial charge on any atom is -0.314 e. The number of hydrogen-bond donors (Lipinski definition) is 1. The van der Waals surface area contributed by atoms with Crippen molar-refractivity contribution in [3.05, 3.63) is 30.1 Å². The average Bonchev–Trinajstić information content (AvgIpc) is 2.36. The van der Waals surface area contributed by atoms with Crippen LogP contribution in [0.4, 0.5) is 0 Å². The van der Waals surface area contributed by atoms with Gasteiger partial charge in [-0.15, -0.1) is 0 Å². The summed E-state index contributed by atoms with van der Waals surface area (Å²) in [6.45, 7) is 8.88. The molecule has 0 aliphatic heterocycles. The number of aromatic nitrogens is 1. The Morgan fingerprint density at radius 3 is 2.50 bits per heavy atom. The van der Waals surface area contributed by atoms with Gasteiger partial charge >= 0.3 is 0 Å². The molecule has 0 amide bonds. The first kappa shape index (κ1) is 15.1. The molecule has 3 nitrogen and oxygen atoms in total. The van der Waals surface area contributed by atoms with Gasteiger partial charge in [0.2, 0.25) is 0 Å². The van der Waals surface area contributed by atoms with Crippen LogP contribution in [0, 0.1) is 0 Å². The molecule has 0 radical (unpaired) electrons. The SMILES string of the molecule is CC(C)NCCC(C)N(C)CCc1ccncc1. The third-order valence-corrected chi connectivity index (χ3v) is 3.37. The maximum atomic E-state index is 4.04. The molecule has 1 atom stereocenters. The van der Waals surface area contributed by atoms with Crippen molar-refractivity contribution in [2.75, 3.05) is 20.1 Å². The highest BCUT2D eigenvalue weighted by molar-refractivity contribution is 5.09. The van der Waals surface area contributed by atoms with E-state index in [0.29, 0.717) is 12.1 Å². The largest absolute Gasteiger partial charge is 0.314 e. The Morgan fingerprint density at radius 2 is 1.89 bits per heavy atom. The second-order valence-corrected chi connectivity index (χ2v) is 5.33. The molecule has 0 bridgehead atoms. The molecule has 1 aromatic rings. The Labute approximate surface area is 112 Å². The molecule has 3 heteroatoms. The van der Waals surface area contributed by atoms with Gasteiger partial charge in [-0.3, -0.25) is 4.98 Å². The molecular weight excluding hydrogens is 222 g/mol. The van der Waals surface area contributed by atoms with E-state index in [1.54, 1.807) is 0 Å². The number of nitrogens with one attached hydrogen (secondary N) is 1. The van der Waals surface area contributed by atoms with E-state index in [-0.39, 0.29) is 0 Å². The van der Waals surface area contributed by atoms with Gasteiger partial charge in [-0.1, -0.05) is 13.8 Å². The van der Waals surface area contributed by atoms with Crippen LogP contribution < -0.4 is 5.32 Å². The van der Waals surface area contributed by atoms with Crippen LogP contribution in [0.25, 0.3) is 0 Å². The lowest BCUT2D eigenvalue weighted by molar-refractivity contribution is 0.246. The normalized spacial score (nSPS) is 13.2. The van der Waals surface area contributed by atoms with Gasteiger partial charge in [-0.25, -0.2) is 0 Å². The molecule has 0 aromatic carbocycles. The summed E-state index contributed by atoms with van der Waals surface area (Å²) >= 11 is 0. The summed E-state index contributed by atoms with van der Waals surface area (Å²) < 4.78 is 0. The van der Waals surface area contributed by atoms with Crippen molar-refractivity contribution in [3.63, 3.8) is 0 Å². The van der Waals surface area contributed by atoms with E-state index in [2.05, 4.69) is 55.2 Å². The van der Waals surface area contributed by atoms with Gasteiger partial charge in [0.05, 0.1) is 0 Å². The summed E-state index contributed by atoms with van der Waals surface area (Å²) in [7, 11) is 2.21. The minimum atomic E-state index is 0.583. The zero-order valence-electron chi connectivity index (χ0n) is 12.2. The highest BCUT2D eigenvalue weighted by Gasteiger charge is 2.08. The van der Waals surface area contributed by atoms with Crippen LogP contribution in [-0.4, -0.2) is 42.1 Å². The van der Waals surface area contributed by atoms with E-state index in [1.165, 1.54) is 12.0 Å². The second-order valence-electron chi connectivity index (χ2n) is 5.33. The van der Waals surface area contributed by atoms with Gasteiger partial charge in [-0.2, -0.15) is 0 Å². The summed E-state index contributed by atoms with van der Waals surface area (Å²) in [6.07, 6.45) is 6.03. The fourth-order valence-corrected chi connectivity index (χ4v) is 1.88. The van der Waals surface area contributed by atoms with Crippen LogP contribution in [0.15, 0.2) is 24.5 Å². The highest BCUT2D eigenvalue weighted by Crippen LogP contribution is 2.04. The van der Waals surface area contributed by atoms with Crippen LogP contribution in [0.3, 0.4) is 0 Å². The Bertz CT molecular complexity index is 311. The van der Waals surface area contributed by atoms with Crippen molar-refractivity contribution in [2.24, 2.45) is 0 Å². The number of nitrogens with zero attached hydrogens (tertiary/aromatic N) is 2. The Hall–Kier alpha value is -0.930. The summed E-state index contributed by atoms with van der Waals surface area (Å²) in [5, 5.41) is 3.47. The standard InChI is InChI=1S/C15H27N3/c1-13(2)17-11-5-14(3)18(4)12-8-15-6-9-16-10-7-15/h6-7,9-10,13-14,17H,5,8,11-12H2,1-4H3. The van der Waals surface area contributed by atoms with Gasteiger partial charge in [0.15, 0.2) is 0 Å². The minimum absolute atomic E-state index is 0.583. The molecule has 1 N–H and O–H groups in total. The van der Waals surface area contributed by atoms with Crippen molar-refractivity contribution < 1.29 is 0 Å². The zero-order valence-corrected chi connectivity index (χ0v) is 12.2. The molecule has 0 aliphatic carbocycles. The molecule has 1 heterocycles. The van der Waals surface area contributed by atoms with Gasteiger partial charge < -0.3 is 10.2 Å². The Kier molecular flexibility index (Phi) is 6.91. The lowest BCUT2D eigenvalue weighted by Gasteiger charge is -2.25. The molecule has 102 valence electrons. The third-order valence-electron chi connectivity index (χ3n) is 3.37. The van der Waals surface area contributed by atoms with Crippen LogP contribution in [-0.2, 0) is 6.42 Å². The fraction of sp³-hybridized carbons (Fsp3) is 0.667. The van der Waals surface area contributed by atoms with Crippen LogP contribution >= 0.6 is 0 Å². The molecule has 0 fully saturated rings. The molecule has 1 unspecified atom stereocenters. The molecule has 0 saturated heterocycles. The lowest BCUT2D eigenvalue weighted by Crippen LogP contribution is -2.35. The van der Waals surface area contributed by atoms with Crippen LogP contribution in [0.2, 0.25) is 0 Å². The van der Waals surface area contributed by atoms with E-state index in [4.69, 9.17) is 0 Å². The number of rotatable bonds is 8. The molecule has 1 rings (SSSR count). The van der Waals surface area contributed by atoms with Crippen molar-refractivity contribution in [2.45, 2.75) is 45.7 Å². The number of likely N-dealkylation sites (N-methyl/N-ethyl adjacent to an activating group) is 1. The molecule has 18 heavy (non-hydrogen) atoms. The Balaban J connectivity index is 2.21. The molecule has 0 saturated carbocycles. The van der Waals surface area contributed by atoms with Crippen molar-refractivity contribution in [1.82, 2.24) is 15.2 Å². The topological polar surface area (TPSA) is 28.2 Å². The Morgan fingerprint density at radius 1 is 1.22 bits per heavy atom. The summed E-state index contributed by atoms with van der Waals surface area (Å²) in [5.74, 6) is 0. The first-order valence-electron chi connectivity index (χ1n) is 6.92. The maximum Gasteiger partial charge on any atom is 0.0270 e. The summed E-state index contributed by atoms with van der Waals surface area (Å²) in [5.41, 5.74) is 1.37. The monoisotopic (exact) mass is 249 g/mol. The fourth-order valence-electron chi connectivity index (χ4n) is 1.88. The van der Waals surface area contributed by atoms with E-state index < -0.39 is 0 Å². The van der Waals surface area contributed by atoms with Crippen LogP contribution in [0.5, 0.6) is 0 Å².